The molecule has 1 atom stereocenters. The molecule has 3 N–H and O–H groups in total. The predicted octanol–water partition coefficient (Wildman–Crippen LogP) is 0.754. The van der Waals surface area contributed by atoms with Gasteiger partial charge in [-0.05, 0) is 25.7 Å². The van der Waals surface area contributed by atoms with Gasteiger partial charge in [0, 0.05) is 6.04 Å². The van der Waals surface area contributed by atoms with Crippen molar-refractivity contribution in [3.8, 4) is 0 Å². The van der Waals surface area contributed by atoms with Gasteiger partial charge >= 0.3 is 0 Å². The van der Waals surface area contributed by atoms with E-state index in [4.69, 9.17) is 10.2 Å². The molecule has 0 aromatic heterocycles. The minimum atomic E-state index is -0.165. The molecule has 0 radical (unpaired) electrons. The molecule has 0 unspecified atom stereocenters. The Balaban J connectivity index is 3.53. The van der Waals surface area contributed by atoms with E-state index in [0.717, 1.165) is 6.42 Å². The Labute approximate surface area is 81.2 Å². The van der Waals surface area contributed by atoms with Crippen LogP contribution in [0.2, 0.25) is 0 Å². The van der Waals surface area contributed by atoms with Crippen LogP contribution >= 0.6 is 0 Å². The number of rotatable bonds is 7. The van der Waals surface area contributed by atoms with Crippen molar-refractivity contribution in [1.29, 1.82) is 0 Å². The number of aliphatic hydroxyl groups excluding tert-OH is 2. The third-order valence-electron chi connectivity index (χ3n) is 2.14. The zero-order valence-corrected chi connectivity index (χ0v) is 8.95. The van der Waals surface area contributed by atoms with E-state index in [2.05, 4.69) is 26.1 Å². The topological polar surface area (TPSA) is 52.5 Å². The second kappa shape index (κ2) is 7.30. The molecular weight excluding hydrogens is 166 g/mol. The Bertz CT molecular complexity index is 113. The highest BCUT2D eigenvalue weighted by Gasteiger charge is 2.09. The molecule has 0 aromatic rings. The Morgan fingerprint density at radius 1 is 1.00 bits per heavy atom. The van der Waals surface area contributed by atoms with Crippen molar-refractivity contribution in [3.05, 3.63) is 0 Å². The lowest BCUT2D eigenvalue weighted by Gasteiger charge is -2.20. The van der Waals surface area contributed by atoms with Crippen LogP contribution in [-0.2, 0) is 0 Å². The zero-order valence-electron chi connectivity index (χ0n) is 8.95. The number of nitrogens with one attached hydrogen (secondary N) is 1. The van der Waals surface area contributed by atoms with E-state index in [1.807, 2.05) is 0 Å². The van der Waals surface area contributed by atoms with Crippen LogP contribution in [0.4, 0.5) is 0 Å². The summed E-state index contributed by atoms with van der Waals surface area (Å²) in [6.07, 6.45) is 2.27. The fourth-order valence-corrected chi connectivity index (χ4v) is 1.23. The van der Waals surface area contributed by atoms with Crippen LogP contribution in [0.15, 0.2) is 0 Å². The summed E-state index contributed by atoms with van der Waals surface area (Å²) < 4.78 is 0. The lowest BCUT2D eigenvalue weighted by atomic mass is 10.0. The molecule has 0 aliphatic carbocycles. The van der Waals surface area contributed by atoms with Gasteiger partial charge in [-0.25, -0.2) is 0 Å². The Morgan fingerprint density at radius 2 is 1.54 bits per heavy atom. The molecule has 0 spiro atoms. The average Bonchev–Trinajstić information content (AvgIpc) is 2.10. The maximum atomic E-state index is 8.83. The van der Waals surface area contributed by atoms with Gasteiger partial charge in [0.25, 0.3) is 0 Å². The van der Waals surface area contributed by atoms with Gasteiger partial charge < -0.3 is 15.5 Å². The molecule has 80 valence electrons. The van der Waals surface area contributed by atoms with Crippen molar-refractivity contribution in [2.75, 3.05) is 13.2 Å². The average molecular weight is 189 g/mol. The van der Waals surface area contributed by atoms with Crippen molar-refractivity contribution >= 4 is 0 Å². The Hall–Kier alpha value is -0.120. The van der Waals surface area contributed by atoms with Gasteiger partial charge in [-0.1, -0.05) is 13.8 Å². The molecule has 0 saturated heterocycles. The third-order valence-corrected chi connectivity index (χ3v) is 2.14. The lowest BCUT2D eigenvalue weighted by molar-refractivity contribution is 0.161. The molecule has 0 aliphatic rings. The molecule has 0 amide bonds. The van der Waals surface area contributed by atoms with Gasteiger partial charge in [0.2, 0.25) is 0 Å². The highest BCUT2D eigenvalue weighted by molar-refractivity contribution is 4.69. The fourth-order valence-electron chi connectivity index (χ4n) is 1.23. The van der Waals surface area contributed by atoms with Gasteiger partial charge in [0.05, 0.1) is 19.3 Å². The van der Waals surface area contributed by atoms with Crippen molar-refractivity contribution in [2.24, 2.45) is 5.92 Å². The largest absolute Gasteiger partial charge is 0.395 e. The second-order valence-corrected chi connectivity index (χ2v) is 4.10. The van der Waals surface area contributed by atoms with E-state index in [1.54, 1.807) is 0 Å². The van der Waals surface area contributed by atoms with E-state index in [-0.39, 0.29) is 19.3 Å². The van der Waals surface area contributed by atoms with Gasteiger partial charge in [0.15, 0.2) is 0 Å². The first-order valence-corrected chi connectivity index (χ1v) is 5.07. The van der Waals surface area contributed by atoms with E-state index in [0.29, 0.717) is 12.0 Å². The molecule has 13 heavy (non-hydrogen) atoms. The highest BCUT2D eigenvalue weighted by atomic mass is 16.3. The van der Waals surface area contributed by atoms with E-state index >= 15 is 0 Å². The summed E-state index contributed by atoms with van der Waals surface area (Å²) >= 11 is 0. The fraction of sp³-hybridized carbons (Fsp3) is 1.00. The summed E-state index contributed by atoms with van der Waals surface area (Å²) in [5, 5.41) is 20.8. The smallest absolute Gasteiger partial charge is 0.0607 e. The first-order chi connectivity index (χ1) is 6.10. The molecule has 3 nitrogen and oxygen atoms in total. The maximum Gasteiger partial charge on any atom is 0.0607 e. The maximum absolute atomic E-state index is 8.83. The van der Waals surface area contributed by atoms with Crippen LogP contribution < -0.4 is 5.32 Å². The van der Waals surface area contributed by atoms with Gasteiger partial charge in [-0.15, -0.1) is 0 Å². The van der Waals surface area contributed by atoms with Crippen molar-refractivity contribution in [2.45, 2.75) is 45.7 Å². The quantitative estimate of drug-likeness (QED) is 0.554. The number of hydrogen-bond acceptors (Lipinski definition) is 3. The monoisotopic (exact) mass is 189 g/mol. The molecule has 0 aliphatic heterocycles. The second-order valence-electron chi connectivity index (χ2n) is 4.10. The van der Waals surface area contributed by atoms with Crippen LogP contribution in [0, 0.1) is 5.92 Å². The summed E-state index contributed by atoms with van der Waals surface area (Å²) in [5.41, 5.74) is 0. The van der Waals surface area contributed by atoms with Crippen LogP contribution in [0.25, 0.3) is 0 Å². The first-order valence-electron chi connectivity index (χ1n) is 5.07. The summed E-state index contributed by atoms with van der Waals surface area (Å²) in [5.74, 6) is 0.714. The molecule has 0 heterocycles. The lowest BCUT2D eigenvalue weighted by Crippen LogP contribution is -2.41. The SMILES string of the molecule is CC(C)CC[C@@H](C)NC(CO)CO. The van der Waals surface area contributed by atoms with Crippen LogP contribution in [0.3, 0.4) is 0 Å². The van der Waals surface area contributed by atoms with E-state index in [1.165, 1.54) is 6.42 Å². The third kappa shape index (κ3) is 6.99. The minimum absolute atomic E-state index is 0.00250. The van der Waals surface area contributed by atoms with Crippen molar-refractivity contribution in [3.63, 3.8) is 0 Å². The summed E-state index contributed by atoms with van der Waals surface area (Å²) in [6, 6.07) is 0.203. The van der Waals surface area contributed by atoms with Gasteiger partial charge in [0.1, 0.15) is 0 Å². The molecule has 0 bridgehead atoms. The summed E-state index contributed by atoms with van der Waals surface area (Å²) in [6.45, 7) is 6.48. The van der Waals surface area contributed by atoms with Gasteiger partial charge in [-0.3, -0.25) is 0 Å². The van der Waals surface area contributed by atoms with E-state index < -0.39 is 0 Å². The molecule has 0 saturated carbocycles. The normalized spacial score (nSPS) is 14.1. The molecular formula is C10H23NO2. The Kier molecular flexibility index (Phi) is 7.23. The summed E-state index contributed by atoms with van der Waals surface area (Å²) in [7, 11) is 0. The van der Waals surface area contributed by atoms with E-state index in [9.17, 15) is 0 Å². The predicted molar refractivity (Wildman–Crippen MR) is 54.6 cm³/mol. The first kappa shape index (κ1) is 12.9. The zero-order chi connectivity index (χ0) is 10.3. The molecule has 0 aromatic carbocycles. The Morgan fingerprint density at radius 3 is 1.92 bits per heavy atom. The van der Waals surface area contributed by atoms with Gasteiger partial charge in [-0.2, -0.15) is 0 Å². The number of aliphatic hydroxyl groups is 2. The van der Waals surface area contributed by atoms with Crippen LogP contribution in [0.1, 0.15) is 33.6 Å². The molecule has 0 fully saturated rings. The van der Waals surface area contributed by atoms with Crippen molar-refractivity contribution in [1.82, 2.24) is 5.32 Å². The molecule has 3 heteroatoms. The summed E-state index contributed by atoms with van der Waals surface area (Å²) in [4.78, 5) is 0. The van der Waals surface area contributed by atoms with Crippen LogP contribution in [0.5, 0.6) is 0 Å². The minimum Gasteiger partial charge on any atom is -0.395 e. The van der Waals surface area contributed by atoms with Crippen LogP contribution in [-0.4, -0.2) is 35.5 Å². The van der Waals surface area contributed by atoms with Crippen molar-refractivity contribution < 1.29 is 10.2 Å². The number of hydrogen-bond donors (Lipinski definition) is 3. The highest BCUT2D eigenvalue weighted by Crippen LogP contribution is 2.06. The molecule has 0 rings (SSSR count). The standard InChI is InChI=1S/C10H23NO2/c1-8(2)4-5-9(3)11-10(6-12)7-13/h8-13H,4-7H2,1-3H3/t9-/m1/s1.